The van der Waals surface area contributed by atoms with E-state index < -0.39 is 35.6 Å². The number of nitrogens with one attached hydrogen (secondary N) is 2. The molecule has 0 bridgehead atoms. The maximum absolute atomic E-state index is 14.0. The molecule has 0 saturated carbocycles. The van der Waals surface area contributed by atoms with Gasteiger partial charge in [-0.3, -0.25) is 9.59 Å². The largest absolute Gasteiger partial charge is 0.444 e. The molecule has 0 fully saturated rings. The number of nitrogens with zero attached hydrogens (tertiary/aromatic N) is 2. The summed E-state index contributed by atoms with van der Waals surface area (Å²) in [6, 6.07) is 20.6. The Labute approximate surface area is 240 Å². The first kappa shape index (κ1) is 30.5. The van der Waals surface area contributed by atoms with Gasteiger partial charge in [-0.25, -0.2) is 4.79 Å². The quantitative estimate of drug-likeness (QED) is 0.302. The normalized spacial score (nSPS) is 12.6. The van der Waals surface area contributed by atoms with Gasteiger partial charge in [0.25, 0.3) is 5.91 Å². The van der Waals surface area contributed by atoms with Crippen LogP contribution in [-0.4, -0.2) is 53.0 Å². The van der Waals surface area contributed by atoms with Gasteiger partial charge in [0.1, 0.15) is 24.2 Å². The summed E-state index contributed by atoms with van der Waals surface area (Å²) in [6.07, 6.45) is 1.46. The van der Waals surface area contributed by atoms with E-state index in [1.807, 2.05) is 67.8 Å². The van der Waals surface area contributed by atoms with Crippen LogP contribution >= 0.6 is 11.8 Å². The van der Waals surface area contributed by atoms with E-state index in [4.69, 9.17) is 4.74 Å². The average Bonchev–Trinajstić information content (AvgIpc) is 2.90. The molecule has 0 aromatic heterocycles. The zero-order valence-electron chi connectivity index (χ0n) is 23.6. The Balaban J connectivity index is 2.00. The van der Waals surface area contributed by atoms with Gasteiger partial charge in [-0.1, -0.05) is 54.6 Å². The third kappa shape index (κ3) is 8.23. The highest BCUT2D eigenvalue weighted by Gasteiger charge is 2.36. The lowest BCUT2D eigenvalue weighted by atomic mass is 9.97. The Morgan fingerprint density at radius 3 is 2.35 bits per heavy atom. The Bertz CT molecular complexity index is 1400. The van der Waals surface area contributed by atoms with Crippen molar-refractivity contribution >= 4 is 46.1 Å². The molecule has 9 heteroatoms. The molecule has 0 aliphatic carbocycles. The van der Waals surface area contributed by atoms with Gasteiger partial charge in [-0.05, 0) is 80.2 Å². The van der Waals surface area contributed by atoms with Crippen LogP contribution in [0, 0.1) is 18.3 Å². The fraction of sp³-hybridized carbons (Fsp3) is 0.355. The number of carbonyl (C=O) groups is 3. The molecule has 0 aliphatic heterocycles. The van der Waals surface area contributed by atoms with Crippen molar-refractivity contribution < 1.29 is 19.1 Å². The van der Waals surface area contributed by atoms with Crippen LogP contribution < -0.4 is 10.6 Å². The lowest BCUT2D eigenvalue weighted by molar-refractivity contribution is -0.140. The number of rotatable bonds is 10. The summed E-state index contributed by atoms with van der Waals surface area (Å²) in [5, 5.41) is 17.3. The van der Waals surface area contributed by atoms with E-state index in [0.29, 0.717) is 23.4 Å². The first-order chi connectivity index (χ1) is 19.0. The smallest absolute Gasteiger partial charge is 0.408 e. The summed E-state index contributed by atoms with van der Waals surface area (Å²) in [6.45, 7) is 6.70. The van der Waals surface area contributed by atoms with E-state index in [2.05, 4.69) is 10.6 Å². The summed E-state index contributed by atoms with van der Waals surface area (Å²) in [5.74, 6) is -0.428. The number of amides is 3. The van der Waals surface area contributed by atoms with Crippen molar-refractivity contribution in [2.24, 2.45) is 0 Å². The van der Waals surface area contributed by atoms with E-state index in [9.17, 15) is 19.6 Å². The van der Waals surface area contributed by atoms with Gasteiger partial charge in [0.2, 0.25) is 5.91 Å². The second-order valence-electron chi connectivity index (χ2n) is 10.4. The van der Waals surface area contributed by atoms with Crippen molar-refractivity contribution in [2.75, 3.05) is 23.9 Å². The summed E-state index contributed by atoms with van der Waals surface area (Å²) in [5.41, 5.74) is 1.19. The molecule has 3 aromatic rings. The van der Waals surface area contributed by atoms with Gasteiger partial charge in [0, 0.05) is 5.69 Å². The summed E-state index contributed by atoms with van der Waals surface area (Å²) in [7, 11) is 0. The van der Waals surface area contributed by atoms with Crippen LogP contribution in [0.25, 0.3) is 10.8 Å². The van der Waals surface area contributed by atoms with Crippen LogP contribution in [0.15, 0.2) is 66.7 Å². The minimum Gasteiger partial charge on any atom is -0.444 e. The average molecular weight is 561 g/mol. The molecule has 0 radical (unpaired) electrons. The zero-order chi connectivity index (χ0) is 29.3. The van der Waals surface area contributed by atoms with Crippen molar-refractivity contribution in [3.63, 3.8) is 0 Å². The van der Waals surface area contributed by atoms with Gasteiger partial charge < -0.3 is 20.3 Å². The minimum atomic E-state index is -1.11. The first-order valence-electron chi connectivity index (χ1n) is 13.0. The number of anilines is 1. The summed E-state index contributed by atoms with van der Waals surface area (Å²) < 4.78 is 5.39. The number of benzene rings is 3. The molecular weight excluding hydrogens is 524 g/mol. The van der Waals surface area contributed by atoms with Crippen molar-refractivity contribution in [3.05, 3.63) is 77.9 Å². The molecule has 3 amide bonds. The number of aryl methyl sites for hydroxylation is 1. The van der Waals surface area contributed by atoms with E-state index in [1.165, 1.54) is 16.7 Å². The third-order valence-corrected chi connectivity index (χ3v) is 6.83. The predicted molar refractivity (Wildman–Crippen MR) is 160 cm³/mol. The number of fused-ring (bicyclic) bond motifs is 1. The molecule has 2 N–H and O–H groups in total. The molecule has 0 spiro atoms. The van der Waals surface area contributed by atoms with Crippen LogP contribution in [0.3, 0.4) is 0 Å². The predicted octanol–water partition coefficient (Wildman–Crippen LogP) is 5.83. The molecule has 2 atom stereocenters. The van der Waals surface area contributed by atoms with Gasteiger partial charge in [-0.15, -0.1) is 0 Å². The highest BCUT2D eigenvalue weighted by Crippen LogP contribution is 2.28. The van der Waals surface area contributed by atoms with Crippen molar-refractivity contribution in [2.45, 2.75) is 51.8 Å². The van der Waals surface area contributed by atoms with Gasteiger partial charge in [-0.2, -0.15) is 17.0 Å². The van der Waals surface area contributed by atoms with Crippen LogP contribution in [-0.2, 0) is 14.3 Å². The molecule has 40 heavy (non-hydrogen) atoms. The maximum atomic E-state index is 14.0. The molecule has 0 aliphatic rings. The van der Waals surface area contributed by atoms with Crippen molar-refractivity contribution in [3.8, 4) is 6.07 Å². The lowest BCUT2D eigenvalue weighted by Gasteiger charge is -2.33. The topological polar surface area (TPSA) is 112 Å². The Morgan fingerprint density at radius 2 is 1.70 bits per heavy atom. The Kier molecular flexibility index (Phi) is 10.6. The second kappa shape index (κ2) is 13.9. The Hall–Kier alpha value is -4.03. The van der Waals surface area contributed by atoms with E-state index in [1.54, 1.807) is 39.0 Å². The molecular formula is C31H36N4O4S. The van der Waals surface area contributed by atoms with Crippen LogP contribution in [0.2, 0.25) is 0 Å². The number of nitriles is 1. The number of hydrogen-bond donors (Lipinski definition) is 2. The highest BCUT2D eigenvalue weighted by atomic mass is 32.2. The fourth-order valence-corrected chi connectivity index (χ4v) is 4.81. The molecule has 3 aromatic carbocycles. The molecule has 8 nitrogen and oxygen atoms in total. The number of hydrogen-bond acceptors (Lipinski definition) is 6. The molecule has 3 rings (SSSR count). The minimum absolute atomic E-state index is 0.300. The van der Waals surface area contributed by atoms with Crippen LogP contribution in [0.4, 0.5) is 10.5 Å². The second-order valence-corrected chi connectivity index (χ2v) is 11.4. The summed E-state index contributed by atoms with van der Waals surface area (Å²) >= 11 is 1.52. The highest BCUT2D eigenvalue weighted by molar-refractivity contribution is 7.98. The lowest BCUT2D eigenvalue weighted by Crippen LogP contribution is -2.52. The van der Waals surface area contributed by atoms with Gasteiger partial charge in [0.15, 0.2) is 0 Å². The SMILES string of the molecule is CSCCC(NC(=O)OC(C)(C)C)C(=O)N(CC#N)C(C(=O)Nc1ccc2ccccc2c1)c1ccccc1C. The van der Waals surface area contributed by atoms with Crippen molar-refractivity contribution in [1.82, 2.24) is 10.2 Å². The van der Waals surface area contributed by atoms with Crippen LogP contribution in [0.5, 0.6) is 0 Å². The standard InChI is InChI=1S/C31H36N4O4S/c1-21-10-6-9-13-25(21)27(28(36)33-24-15-14-22-11-7-8-12-23(22)20-24)35(18-17-32)29(37)26(16-19-40-5)34-30(38)39-31(2,3)4/h6-15,20,26-27H,16,18-19H2,1-5H3,(H,33,36)(H,34,38). The maximum Gasteiger partial charge on any atom is 0.408 e. The van der Waals surface area contributed by atoms with Gasteiger partial charge in [0.05, 0.1) is 6.07 Å². The monoisotopic (exact) mass is 560 g/mol. The zero-order valence-corrected chi connectivity index (χ0v) is 24.4. The molecule has 0 heterocycles. The molecule has 2 unspecified atom stereocenters. The molecule has 210 valence electrons. The molecule has 0 saturated heterocycles. The first-order valence-corrected chi connectivity index (χ1v) is 14.4. The van der Waals surface area contributed by atoms with E-state index in [0.717, 1.165) is 16.3 Å². The number of thioether (sulfide) groups is 1. The van der Waals surface area contributed by atoms with Crippen LogP contribution in [0.1, 0.15) is 44.4 Å². The Morgan fingerprint density at radius 1 is 1.02 bits per heavy atom. The van der Waals surface area contributed by atoms with E-state index in [-0.39, 0.29) is 6.54 Å². The van der Waals surface area contributed by atoms with Crippen molar-refractivity contribution in [1.29, 1.82) is 5.26 Å². The summed E-state index contributed by atoms with van der Waals surface area (Å²) in [4.78, 5) is 41.8. The fourth-order valence-electron chi connectivity index (χ4n) is 4.34. The third-order valence-electron chi connectivity index (χ3n) is 6.18. The number of carbonyl (C=O) groups excluding carboxylic acids is 3. The number of ether oxygens (including phenoxy) is 1. The number of alkyl carbamates (subject to hydrolysis) is 1. The van der Waals surface area contributed by atoms with E-state index >= 15 is 0 Å². The van der Waals surface area contributed by atoms with Gasteiger partial charge >= 0.3 is 6.09 Å².